The molecule has 0 spiro atoms. The highest BCUT2D eigenvalue weighted by molar-refractivity contribution is 5.98. The summed E-state index contributed by atoms with van der Waals surface area (Å²) in [5, 5.41) is 0. The first-order chi connectivity index (χ1) is 18.9. The molecule has 0 atom stereocenters. The van der Waals surface area contributed by atoms with Crippen LogP contribution in [0.25, 0.3) is 22.4 Å². The predicted molar refractivity (Wildman–Crippen MR) is 149 cm³/mol. The van der Waals surface area contributed by atoms with Crippen LogP contribution in [0.4, 0.5) is 11.4 Å². The third kappa shape index (κ3) is 4.44. The van der Waals surface area contributed by atoms with Crippen molar-refractivity contribution in [2.45, 2.75) is 6.54 Å². The summed E-state index contributed by atoms with van der Waals surface area (Å²) in [6, 6.07) is 20.3. The lowest BCUT2D eigenvalue weighted by Crippen LogP contribution is -2.50. The topological polar surface area (TPSA) is 92.3 Å². The van der Waals surface area contributed by atoms with E-state index in [9.17, 15) is 14.4 Å². The fraction of sp³-hybridized carbons (Fsp3) is 0.267. The smallest absolute Gasteiger partial charge is 0.272 e. The molecule has 0 aliphatic carbocycles. The number of methoxy groups -OCH3 is 1. The molecule has 9 nitrogen and oxygen atoms in total. The van der Waals surface area contributed by atoms with Crippen LogP contribution in [0.1, 0.15) is 5.56 Å². The zero-order valence-corrected chi connectivity index (χ0v) is 21.8. The highest BCUT2D eigenvalue weighted by atomic mass is 16.5. The van der Waals surface area contributed by atoms with Gasteiger partial charge in [-0.3, -0.25) is 19.3 Å². The molecule has 4 aromatic rings. The SMILES string of the molecule is COc1c(N2CCN(Cc3ccc(-c4nc5c(cc4-c4ccccc4)N(C)C(=O)CO5)cc3)CC2)c(=O)c1=O. The Balaban J connectivity index is 1.21. The summed E-state index contributed by atoms with van der Waals surface area (Å²) in [6.07, 6.45) is 0. The molecule has 1 saturated heterocycles. The summed E-state index contributed by atoms with van der Waals surface area (Å²) in [7, 11) is 3.17. The molecule has 1 fully saturated rings. The van der Waals surface area contributed by atoms with Gasteiger partial charge >= 0.3 is 0 Å². The normalized spacial score (nSPS) is 15.8. The van der Waals surface area contributed by atoms with Crippen molar-refractivity contribution in [3.05, 3.63) is 86.7 Å². The number of benzene rings is 2. The van der Waals surface area contributed by atoms with Crippen LogP contribution in [-0.4, -0.2) is 62.7 Å². The molecule has 0 bridgehead atoms. The molecular formula is C30H28N4O5. The number of carbonyl (C=O) groups is 1. The van der Waals surface area contributed by atoms with Gasteiger partial charge in [0.2, 0.25) is 5.88 Å². The molecule has 0 N–H and O–H groups in total. The quantitative estimate of drug-likeness (QED) is 0.356. The molecule has 2 aliphatic heterocycles. The van der Waals surface area contributed by atoms with Crippen molar-refractivity contribution in [2.75, 3.05) is 56.7 Å². The van der Waals surface area contributed by atoms with Crippen LogP contribution in [0.2, 0.25) is 0 Å². The van der Waals surface area contributed by atoms with Gasteiger partial charge in [0.25, 0.3) is 16.8 Å². The van der Waals surface area contributed by atoms with E-state index >= 15 is 0 Å². The minimum absolute atomic E-state index is 0.0264. The maximum atomic E-state index is 12.2. The molecule has 198 valence electrons. The number of hydrogen-bond acceptors (Lipinski definition) is 8. The van der Waals surface area contributed by atoms with Crippen LogP contribution >= 0.6 is 0 Å². The standard InChI is InChI=1S/C30H28N4O5/c1-32-23-16-22(20-6-4-3-5-7-20)25(31-30(23)39-18-24(32)35)21-10-8-19(9-11-21)17-33-12-14-34(15-13-33)26-27(36)28(37)29(26)38-2/h3-11,16H,12-15,17-18H2,1-2H3. The number of rotatable bonds is 6. The predicted octanol–water partition coefficient (Wildman–Crippen LogP) is 2.70. The Morgan fingerprint density at radius 1 is 0.897 bits per heavy atom. The largest absolute Gasteiger partial charge is 0.491 e. The summed E-state index contributed by atoms with van der Waals surface area (Å²) in [4.78, 5) is 46.6. The Hall–Kier alpha value is -4.50. The monoisotopic (exact) mass is 524 g/mol. The summed E-state index contributed by atoms with van der Waals surface area (Å²) < 4.78 is 10.8. The summed E-state index contributed by atoms with van der Waals surface area (Å²) >= 11 is 0. The van der Waals surface area contributed by atoms with Gasteiger partial charge in [0.15, 0.2) is 12.4 Å². The minimum atomic E-state index is -0.536. The lowest BCUT2D eigenvalue weighted by Gasteiger charge is -2.36. The van der Waals surface area contributed by atoms with Crippen LogP contribution in [-0.2, 0) is 11.3 Å². The Morgan fingerprint density at radius 2 is 1.62 bits per heavy atom. The third-order valence-corrected chi connectivity index (χ3v) is 7.49. The van der Waals surface area contributed by atoms with Gasteiger partial charge in [0.1, 0.15) is 11.4 Å². The van der Waals surface area contributed by atoms with Crippen LogP contribution in [0.5, 0.6) is 11.6 Å². The molecule has 2 aliphatic rings. The van der Waals surface area contributed by atoms with Crippen molar-refractivity contribution in [3.8, 4) is 34.0 Å². The van der Waals surface area contributed by atoms with E-state index in [4.69, 9.17) is 14.5 Å². The Bertz CT molecular complexity index is 1600. The highest BCUT2D eigenvalue weighted by Crippen LogP contribution is 2.39. The molecule has 3 heterocycles. The van der Waals surface area contributed by atoms with E-state index in [-0.39, 0.29) is 18.3 Å². The van der Waals surface area contributed by atoms with Gasteiger partial charge in [-0.05, 0) is 17.2 Å². The zero-order valence-electron chi connectivity index (χ0n) is 21.8. The first kappa shape index (κ1) is 24.8. The van der Waals surface area contributed by atoms with Gasteiger partial charge in [-0.25, -0.2) is 4.98 Å². The summed E-state index contributed by atoms with van der Waals surface area (Å²) in [5.74, 6) is 0.523. The van der Waals surface area contributed by atoms with E-state index in [1.165, 1.54) is 12.7 Å². The number of nitrogens with zero attached hydrogens (tertiary/aromatic N) is 4. The highest BCUT2D eigenvalue weighted by Gasteiger charge is 2.29. The summed E-state index contributed by atoms with van der Waals surface area (Å²) in [6.45, 7) is 3.62. The van der Waals surface area contributed by atoms with Crippen molar-refractivity contribution in [1.82, 2.24) is 9.88 Å². The molecule has 3 aromatic carbocycles. The molecule has 9 heteroatoms. The molecule has 0 saturated carbocycles. The lowest BCUT2D eigenvalue weighted by atomic mass is 9.97. The van der Waals surface area contributed by atoms with Crippen molar-refractivity contribution in [2.24, 2.45) is 0 Å². The average Bonchev–Trinajstić information content (AvgIpc) is 2.98. The number of likely N-dealkylation sites (N-methyl/N-ethyl adjacent to an activating group) is 1. The molecule has 0 radical (unpaired) electrons. The number of carbonyl (C=O) groups excluding carboxylic acids is 1. The van der Waals surface area contributed by atoms with Crippen LogP contribution < -0.4 is 30.1 Å². The lowest BCUT2D eigenvalue weighted by molar-refractivity contribution is -0.121. The summed E-state index contributed by atoms with van der Waals surface area (Å²) in [5.41, 5.74) is 4.94. The molecular weight excluding hydrogens is 496 g/mol. The number of piperazine rings is 1. The van der Waals surface area contributed by atoms with Crippen molar-refractivity contribution < 1.29 is 14.3 Å². The maximum Gasteiger partial charge on any atom is 0.272 e. The number of ether oxygens (including phenoxy) is 2. The van der Waals surface area contributed by atoms with E-state index in [2.05, 4.69) is 29.2 Å². The van der Waals surface area contributed by atoms with E-state index in [1.807, 2.05) is 41.3 Å². The van der Waals surface area contributed by atoms with E-state index < -0.39 is 10.9 Å². The van der Waals surface area contributed by atoms with Crippen molar-refractivity contribution in [3.63, 3.8) is 0 Å². The van der Waals surface area contributed by atoms with Gasteiger partial charge < -0.3 is 19.3 Å². The van der Waals surface area contributed by atoms with Gasteiger partial charge in [-0.2, -0.15) is 0 Å². The Morgan fingerprint density at radius 3 is 2.31 bits per heavy atom. The van der Waals surface area contributed by atoms with E-state index in [0.717, 1.165) is 42.0 Å². The van der Waals surface area contributed by atoms with Crippen LogP contribution in [0.15, 0.2) is 70.3 Å². The fourth-order valence-corrected chi connectivity index (χ4v) is 5.24. The second-order valence-electron chi connectivity index (χ2n) is 9.82. The van der Waals surface area contributed by atoms with Gasteiger partial charge in [0.05, 0.1) is 12.8 Å². The molecule has 1 aromatic heterocycles. The molecule has 39 heavy (non-hydrogen) atoms. The van der Waals surface area contributed by atoms with E-state index in [0.29, 0.717) is 30.3 Å². The minimum Gasteiger partial charge on any atom is -0.491 e. The van der Waals surface area contributed by atoms with Gasteiger partial charge in [-0.1, -0.05) is 54.6 Å². The Kier molecular flexibility index (Phi) is 6.36. The van der Waals surface area contributed by atoms with Crippen LogP contribution in [0, 0.1) is 0 Å². The first-order valence-electron chi connectivity index (χ1n) is 12.9. The van der Waals surface area contributed by atoms with Crippen molar-refractivity contribution >= 4 is 17.3 Å². The molecule has 6 rings (SSSR count). The Labute approximate surface area is 225 Å². The van der Waals surface area contributed by atoms with Gasteiger partial charge in [0, 0.05) is 50.9 Å². The maximum absolute atomic E-state index is 12.2. The van der Waals surface area contributed by atoms with Gasteiger partial charge in [-0.15, -0.1) is 0 Å². The number of anilines is 2. The number of fused-ring (bicyclic) bond motifs is 1. The molecule has 1 amide bonds. The zero-order chi connectivity index (χ0) is 27.1. The fourth-order valence-electron chi connectivity index (χ4n) is 5.24. The number of hydrogen-bond donors (Lipinski definition) is 0. The number of pyridine rings is 1. The second kappa shape index (κ2) is 9.99. The number of amides is 1. The average molecular weight is 525 g/mol. The van der Waals surface area contributed by atoms with E-state index in [1.54, 1.807) is 11.9 Å². The first-order valence-corrected chi connectivity index (χ1v) is 12.9. The third-order valence-electron chi connectivity index (χ3n) is 7.49. The van der Waals surface area contributed by atoms with Crippen molar-refractivity contribution in [1.29, 1.82) is 0 Å². The molecule has 0 unspecified atom stereocenters. The van der Waals surface area contributed by atoms with Crippen LogP contribution in [0.3, 0.4) is 0 Å². The second-order valence-corrected chi connectivity index (χ2v) is 9.82. The number of aromatic nitrogens is 1.